The molecule has 0 unspecified atom stereocenters. The Morgan fingerprint density at radius 2 is 2.10 bits per heavy atom. The number of amides is 1. The van der Waals surface area contributed by atoms with Gasteiger partial charge in [-0.2, -0.15) is 0 Å². The van der Waals surface area contributed by atoms with Crippen LogP contribution >= 0.6 is 0 Å². The summed E-state index contributed by atoms with van der Waals surface area (Å²) < 4.78 is 5.06. The fourth-order valence-corrected chi connectivity index (χ4v) is 1.63. The van der Waals surface area contributed by atoms with Crippen molar-refractivity contribution >= 4 is 11.7 Å². The molecule has 7 nitrogen and oxygen atoms in total. The monoisotopic (exact) mass is 287 g/mol. The van der Waals surface area contributed by atoms with E-state index in [1.165, 1.54) is 4.90 Å². The molecule has 0 bridgehead atoms. The van der Waals surface area contributed by atoms with E-state index in [9.17, 15) is 4.79 Å². The van der Waals surface area contributed by atoms with Crippen molar-refractivity contribution in [2.45, 2.75) is 6.54 Å². The molecule has 0 saturated heterocycles. The van der Waals surface area contributed by atoms with Gasteiger partial charge in [0.1, 0.15) is 5.82 Å². The SMILES string of the molecule is COc1cc(CNc2ccc(C(=O)N(C)C)nn2)ccn1. The van der Waals surface area contributed by atoms with Crippen molar-refractivity contribution in [1.29, 1.82) is 0 Å². The maximum absolute atomic E-state index is 11.7. The molecule has 0 radical (unpaired) electrons. The molecule has 1 amide bonds. The van der Waals surface area contributed by atoms with Gasteiger partial charge in [0, 0.05) is 32.9 Å². The zero-order valence-corrected chi connectivity index (χ0v) is 12.2. The number of hydrogen-bond acceptors (Lipinski definition) is 6. The summed E-state index contributed by atoms with van der Waals surface area (Å²) in [6, 6.07) is 7.09. The molecule has 7 heteroatoms. The van der Waals surface area contributed by atoms with Crippen molar-refractivity contribution in [2.75, 3.05) is 26.5 Å². The number of pyridine rings is 1. The predicted molar refractivity (Wildman–Crippen MR) is 78.2 cm³/mol. The molecule has 0 fully saturated rings. The molecule has 21 heavy (non-hydrogen) atoms. The summed E-state index contributed by atoms with van der Waals surface area (Å²) in [6.07, 6.45) is 1.68. The Kier molecular flexibility index (Phi) is 4.65. The van der Waals surface area contributed by atoms with E-state index in [0.29, 0.717) is 23.9 Å². The first kappa shape index (κ1) is 14.7. The zero-order chi connectivity index (χ0) is 15.2. The number of ether oxygens (including phenoxy) is 1. The Bertz CT molecular complexity index is 613. The molecular formula is C14H17N5O2. The summed E-state index contributed by atoms with van der Waals surface area (Å²) in [6.45, 7) is 0.564. The maximum Gasteiger partial charge on any atom is 0.273 e. The molecule has 0 aliphatic rings. The number of rotatable bonds is 5. The largest absolute Gasteiger partial charge is 0.481 e. The van der Waals surface area contributed by atoms with Crippen molar-refractivity contribution in [1.82, 2.24) is 20.1 Å². The molecule has 1 N–H and O–H groups in total. The topological polar surface area (TPSA) is 80.2 Å². The number of nitrogens with zero attached hydrogens (tertiary/aromatic N) is 4. The highest BCUT2D eigenvalue weighted by Crippen LogP contribution is 2.11. The van der Waals surface area contributed by atoms with E-state index in [1.807, 2.05) is 12.1 Å². The molecule has 0 aromatic carbocycles. The average molecular weight is 287 g/mol. The minimum atomic E-state index is -0.173. The second kappa shape index (κ2) is 6.65. The highest BCUT2D eigenvalue weighted by atomic mass is 16.5. The molecular weight excluding hydrogens is 270 g/mol. The van der Waals surface area contributed by atoms with Crippen LogP contribution in [-0.2, 0) is 6.54 Å². The van der Waals surface area contributed by atoms with Gasteiger partial charge in [-0.3, -0.25) is 4.79 Å². The van der Waals surface area contributed by atoms with Gasteiger partial charge in [0.25, 0.3) is 5.91 Å². The standard InChI is InChI=1S/C14H17N5O2/c1-19(2)14(20)11-4-5-12(18-17-11)16-9-10-6-7-15-13(8-10)21-3/h4-8H,9H2,1-3H3,(H,16,18). The van der Waals surface area contributed by atoms with E-state index in [2.05, 4.69) is 20.5 Å². The van der Waals surface area contributed by atoms with Gasteiger partial charge in [-0.25, -0.2) is 4.98 Å². The molecule has 0 saturated carbocycles. The van der Waals surface area contributed by atoms with Gasteiger partial charge in [-0.05, 0) is 23.8 Å². The fraction of sp³-hybridized carbons (Fsp3) is 0.286. The van der Waals surface area contributed by atoms with E-state index in [-0.39, 0.29) is 5.91 Å². The second-order valence-electron chi connectivity index (χ2n) is 4.56. The smallest absolute Gasteiger partial charge is 0.273 e. The van der Waals surface area contributed by atoms with Gasteiger partial charge >= 0.3 is 0 Å². The quantitative estimate of drug-likeness (QED) is 0.890. The third-order valence-corrected chi connectivity index (χ3v) is 2.77. The van der Waals surface area contributed by atoms with Gasteiger partial charge in [0.15, 0.2) is 5.69 Å². The van der Waals surface area contributed by atoms with Crippen LogP contribution in [0.2, 0.25) is 0 Å². The molecule has 0 aliphatic carbocycles. The third kappa shape index (κ3) is 3.88. The molecule has 2 aromatic heterocycles. The van der Waals surface area contributed by atoms with Gasteiger partial charge in [-0.1, -0.05) is 0 Å². The minimum Gasteiger partial charge on any atom is -0.481 e. The summed E-state index contributed by atoms with van der Waals surface area (Å²) in [5.41, 5.74) is 1.33. The number of carbonyl (C=O) groups is 1. The molecule has 0 spiro atoms. The summed E-state index contributed by atoms with van der Waals surface area (Å²) in [5, 5.41) is 11.0. The first-order valence-corrected chi connectivity index (χ1v) is 6.38. The normalized spacial score (nSPS) is 10.0. The van der Waals surface area contributed by atoms with Crippen molar-refractivity contribution in [3.8, 4) is 5.88 Å². The van der Waals surface area contributed by atoms with Crippen molar-refractivity contribution in [3.63, 3.8) is 0 Å². The number of anilines is 1. The van der Waals surface area contributed by atoms with Crippen molar-refractivity contribution in [3.05, 3.63) is 41.7 Å². The van der Waals surface area contributed by atoms with Crippen LogP contribution in [0.3, 0.4) is 0 Å². The number of carbonyl (C=O) groups excluding carboxylic acids is 1. The Morgan fingerprint density at radius 1 is 1.29 bits per heavy atom. The van der Waals surface area contributed by atoms with Crippen molar-refractivity contribution in [2.24, 2.45) is 0 Å². The van der Waals surface area contributed by atoms with Crippen LogP contribution in [-0.4, -0.2) is 47.2 Å². The lowest BCUT2D eigenvalue weighted by molar-refractivity contribution is 0.0821. The number of hydrogen-bond donors (Lipinski definition) is 1. The van der Waals surface area contributed by atoms with Crippen molar-refractivity contribution < 1.29 is 9.53 Å². The molecule has 2 heterocycles. The number of aromatic nitrogens is 3. The summed E-state index contributed by atoms with van der Waals surface area (Å²) in [5.74, 6) is 0.987. The van der Waals surface area contributed by atoms with E-state index < -0.39 is 0 Å². The highest BCUT2D eigenvalue weighted by Gasteiger charge is 2.09. The first-order valence-electron chi connectivity index (χ1n) is 6.38. The second-order valence-corrected chi connectivity index (χ2v) is 4.56. The van der Waals surface area contributed by atoms with Crippen LogP contribution in [0.4, 0.5) is 5.82 Å². The third-order valence-electron chi connectivity index (χ3n) is 2.77. The highest BCUT2D eigenvalue weighted by molar-refractivity contribution is 5.91. The lowest BCUT2D eigenvalue weighted by atomic mass is 10.2. The van der Waals surface area contributed by atoms with Gasteiger partial charge < -0.3 is 15.0 Å². The average Bonchev–Trinajstić information content (AvgIpc) is 2.53. The lowest BCUT2D eigenvalue weighted by Crippen LogP contribution is -2.23. The van der Waals surface area contributed by atoms with E-state index in [0.717, 1.165) is 5.56 Å². The van der Waals surface area contributed by atoms with Crippen LogP contribution in [0.1, 0.15) is 16.1 Å². The molecule has 2 aromatic rings. The van der Waals surface area contributed by atoms with Gasteiger partial charge in [0.2, 0.25) is 5.88 Å². The fourth-order valence-electron chi connectivity index (χ4n) is 1.63. The van der Waals surface area contributed by atoms with Crippen LogP contribution in [0.25, 0.3) is 0 Å². The van der Waals surface area contributed by atoms with E-state index in [1.54, 1.807) is 39.5 Å². The van der Waals surface area contributed by atoms with E-state index in [4.69, 9.17) is 4.74 Å². The molecule has 0 atom stereocenters. The first-order chi connectivity index (χ1) is 10.1. The van der Waals surface area contributed by atoms with Crippen LogP contribution in [0, 0.1) is 0 Å². The van der Waals surface area contributed by atoms with Gasteiger partial charge in [-0.15, -0.1) is 10.2 Å². The Morgan fingerprint density at radius 3 is 2.71 bits per heavy atom. The van der Waals surface area contributed by atoms with Gasteiger partial charge in [0.05, 0.1) is 7.11 Å². The summed E-state index contributed by atoms with van der Waals surface area (Å²) in [7, 11) is 4.92. The summed E-state index contributed by atoms with van der Waals surface area (Å²) >= 11 is 0. The van der Waals surface area contributed by atoms with Crippen LogP contribution in [0.15, 0.2) is 30.5 Å². The molecule has 0 aliphatic heterocycles. The molecule has 2 rings (SSSR count). The predicted octanol–water partition coefficient (Wildman–Crippen LogP) is 1.19. The molecule has 110 valence electrons. The summed E-state index contributed by atoms with van der Waals surface area (Å²) in [4.78, 5) is 17.2. The van der Waals surface area contributed by atoms with Crippen LogP contribution in [0.5, 0.6) is 5.88 Å². The Hall–Kier alpha value is -2.70. The number of nitrogens with one attached hydrogen (secondary N) is 1. The van der Waals surface area contributed by atoms with Crippen LogP contribution < -0.4 is 10.1 Å². The maximum atomic E-state index is 11.7. The lowest BCUT2D eigenvalue weighted by Gasteiger charge is -2.09. The Balaban J connectivity index is 1.99. The van der Waals surface area contributed by atoms with E-state index >= 15 is 0 Å². The minimum absolute atomic E-state index is 0.173. The Labute approximate surface area is 123 Å². The number of methoxy groups -OCH3 is 1. The zero-order valence-electron chi connectivity index (χ0n) is 12.2.